The third-order valence-corrected chi connectivity index (χ3v) is 9.68. The van der Waals surface area contributed by atoms with E-state index in [0.29, 0.717) is 24.0 Å². The van der Waals surface area contributed by atoms with E-state index in [4.69, 9.17) is 18.9 Å². The van der Waals surface area contributed by atoms with Gasteiger partial charge in [0.1, 0.15) is 21.7 Å². The SMILES string of the molecule is CC(Cc1ccc(OC(=O)C(C)(CO)CO)c(OC(=O)C(C)(CO)CO)c1)C(C)Cc1ccc(OC(=O)C(C)(CO)CO)c(OC(=O)C(C)(CO)CO)c1. The highest BCUT2D eigenvalue weighted by molar-refractivity contribution is 5.83. The Morgan fingerprint density at radius 2 is 0.667 bits per heavy atom. The van der Waals surface area contributed by atoms with Crippen LogP contribution in [0.25, 0.3) is 0 Å². The Balaban J connectivity index is 2.43. The second kappa shape index (κ2) is 19.5. The van der Waals surface area contributed by atoms with E-state index >= 15 is 0 Å². The lowest BCUT2D eigenvalue weighted by Crippen LogP contribution is -2.40. The van der Waals surface area contributed by atoms with Crippen molar-refractivity contribution >= 4 is 23.9 Å². The first kappa shape index (κ1) is 46.2. The van der Waals surface area contributed by atoms with Gasteiger partial charge in [0.05, 0.1) is 52.9 Å². The van der Waals surface area contributed by atoms with Crippen molar-refractivity contribution in [2.45, 2.75) is 54.4 Å². The second-order valence-corrected chi connectivity index (χ2v) is 15.0. The van der Waals surface area contributed by atoms with E-state index in [0.717, 1.165) is 0 Å². The molecule has 0 saturated carbocycles. The zero-order valence-electron chi connectivity index (χ0n) is 31.5. The Morgan fingerprint density at radius 1 is 0.444 bits per heavy atom. The summed E-state index contributed by atoms with van der Waals surface area (Å²) in [4.78, 5) is 51.6. The highest BCUT2D eigenvalue weighted by Crippen LogP contribution is 2.36. The molecule has 54 heavy (non-hydrogen) atoms. The maximum absolute atomic E-state index is 13.0. The van der Waals surface area contributed by atoms with Crippen molar-refractivity contribution in [2.75, 3.05) is 52.9 Å². The number of hydrogen-bond donors (Lipinski definition) is 8. The average Bonchev–Trinajstić information content (AvgIpc) is 3.17. The molecule has 2 unspecified atom stereocenters. The van der Waals surface area contributed by atoms with E-state index in [1.807, 2.05) is 13.8 Å². The molecule has 16 nitrogen and oxygen atoms in total. The van der Waals surface area contributed by atoms with Crippen LogP contribution in [0.2, 0.25) is 0 Å². The van der Waals surface area contributed by atoms with Gasteiger partial charge < -0.3 is 59.8 Å². The fraction of sp³-hybridized carbons (Fsp3) is 0.579. The molecule has 2 aromatic carbocycles. The number of rotatable bonds is 21. The van der Waals surface area contributed by atoms with Crippen LogP contribution in [0.5, 0.6) is 23.0 Å². The van der Waals surface area contributed by atoms with Crippen LogP contribution >= 0.6 is 0 Å². The van der Waals surface area contributed by atoms with Crippen molar-refractivity contribution in [1.29, 1.82) is 0 Å². The van der Waals surface area contributed by atoms with Crippen LogP contribution in [0.1, 0.15) is 52.7 Å². The van der Waals surface area contributed by atoms with Gasteiger partial charge in [-0.3, -0.25) is 19.2 Å². The molecule has 302 valence electrons. The number of carbonyl (C=O) groups is 4. The molecule has 16 heteroatoms. The van der Waals surface area contributed by atoms with E-state index in [-0.39, 0.29) is 34.8 Å². The minimum atomic E-state index is -1.68. The summed E-state index contributed by atoms with van der Waals surface area (Å²) in [5.74, 6) is -4.98. The van der Waals surface area contributed by atoms with Crippen LogP contribution in [0.15, 0.2) is 36.4 Å². The Kier molecular flexibility index (Phi) is 16.7. The first-order valence-electron chi connectivity index (χ1n) is 17.3. The molecule has 0 amide bonds. The summed E-state index contributed by atoms with van der Waals surface area (Å²) in [5, 5.41) is 77.4. The third kappa shape index (κ3) is 11.0. The van der Waals surface area contributed by atoms with Crippen molar-refractivity contribution in [3.05, 3.63) is 47.5 Å². The highest BCUT2D eigenvalue weighted by Gasteiger charge is 2.39. The summed E-state index contributed by atoms with van der Waals surface area (Å²) in [6, 6.07) is 8.93. The zero-order chi connectivity index (χ0) is 41.1. The molecule has 0 aliphatic heterocycles. The van der Waals surface area contributed by atoms with Crippen LogP contribution in [-0.4, -0.2) is 118 Å². The van der Waals surface area contributed by atoms with Crippen LogP contribution in [0.3, 0.4) is 0 Å². The molecule has 2 aromatic rings. The predicted octanol–water partition coefficient (Wildman–Crippen LogP) is 0.329. The standard InChI is InChI=1S/C38H54O16/c1-23(11-25-7-9-27(51-31(47)35(3,15-39)16-40)29(13-25)53-33(49)37(5,19-43)20-44)24(2)12-26-8-10-28(52-32(48)36(4,17-41)18-42)30(14-26)54-34(50)38(6,21-45)22-46/h7-10,13-14,23-24,39-46H,11-12,15-22H2,1-6H3. The minimum Gasteiger partial charge on any atom is -0.422 e. The van der Waals surface area contributed by atoms with Gasteiger partial charge in [-0.2, -0.15) is 0 Å². The van der Waals surface area contributed by atoms with Gasteiger partial charge in [-0.1, -0.05) is 26.0 Å². The number of aliphatic hydroxyl groups is 8. The normalized spacial score (nSPS) is 13.5. The number of esters is 4. The van der Waals surface area contributed by atoms with Gasteiger partial charge in [0.2, 0.25) is 0 Å². The fourth-order valence-electron chi connectivity index (χ4n) is 4.44. The molecule has 0 radical (unpaired) electrons. The van der Waals surface area contributed by atoms with Crippen molar-refractivity contribution in [3.8, 4) is 23.0 Å². The molecule has 0 aliphatic carbocycles. The number of ether oxygens (including phenoxy) is 4. The van der Waals surface area contributed by atoms with Crippen molar-refractivity contribution in [1.82, 2.24) is 0 Å². The number of carbonyl (C=O) groups excluding carboxylic acids is 4. The monoisotopic (exact) mass is 766 g/mol. The first-order chi connectivity index (χ1) is 25.3. The average molecular weight is 767 g/mol. The molecule has 0 bridgehead atoms. The molecular formula is C38H54O16. The van der Waals surface area contributed by atoms with Crippen LogP contribution in [0.4, 0.5) is 0 Å². The van der Waals surface area contributed by atoms with Gasteiger partial charge in [0.25, 0.3) is 0 Å². The van der Waals surface area contributed by atoms with Gasteiger partial charge in [0.15, 0.2) is 23.0 Å². The molecule has 0 aliphatic rings. The quantitative estimate of drug-likeness (QED) is 0.0628. The Morgan fingerprint density at radius 3 is 0.889 bits per heavy atom. The summed E-state index contributed by atoms with van der Waals surface area (Å²) >= 11 is 0. The molecule has 2 rings (SSSR count). The Labute approximate surface area is 313 Å². The lowest BCUT2D eigenvalue weighted by molar-refractivity contribution is -0.153. The van der Waals surface area contributed by atoms with Gasteiger partial charge in [-0.25, -0.2) is 0 Å². The fourth-order valence-corrected chi connectivity index (χ4v) is 4.44. The molecule has 0 fully saturated rings. The molecule has 2 atom stereocenters. The molecule has 8 N–H and O–H groups in total. The van der Waals surface area contributed by atoms with Crippen LogP contribution in [0, 0.1) is 33.5 Å². The molecular weight excluding hydrogens is 712 g/mol. The zero-order valence-corrected chi connectivity index (χ0v) is 31.5. The molecule has 0 saturated heterocycles. The predicted molar refractivity (Wildman–Crippen MR) is 190 cm³/mol. The van der Waals surface area contributed by atoms with E-state index in [9.17, 15) is 60.0 Å². The molecule has 0 spiro atoms. The third-order valence-electron chi connectivity index (χ3n) is 9.68. The lowest BCUT2D eigenvalue weighted by Gasteiger charge is -2.26. The van der Waals surface area contributed by atoms with E-state index in [1.54, 1.807) is 12.1 Å². The largest absolute Gasteiger partial charge is 0.422 e. The van der Waals surface area contributed by atoms with Crippen LogP contribution < -0.4 is 18.9 Å². The van der Waals surface area contributed by atoms with Gasteiger partial charge in [-0.15, -0.1) is 0 Å². The summed E-state index contributed by atoms with van der Waals surface area (Å²) in [6.07, 6.45) is 0.790. The summed E-state index contributed by atoms with van der Waals surface area (Å²) < 4.78 is 21.9. The van der Waals surface area contributed by atoms with Crippen LogP contribution in [-0.2, 0) is 32.0 Å². The highest BCUT2D eigenvalue weighted by atomic mass is 16.6. The maximum Gasteiger partial charge on any atom is 0.322 e. The van der Waals surface area contributed by atoms with Gasteiger partial charge >= 0.3 is 23.9 Å². The maximum atomic E-state index is 13.0. The molecule has 0 aromatic heterocycles. The second-order valence-electron chi connectivity index (χ2n) is 15.0. The summed E-state index contributed by atoms with van der Waals surface area (Å²) in [5.41, 5.74) is -5.42. The van der Waals surface area contributed by atoms with E-state index < -0.39 is 98.4 Å². The van der Waals surface area contributed by atoms with Gasteiger partial charge in [0, 0.05) is 0 Å². The van der Waals surface area contributed by atoms with E-state index in [1.165, 1.54) is 52.0 Å². The van der Waals surface area contributed by atoms with Crippen molar-refractivity contribution in [3.63, 3.8) is 0 Å². The number of benzene rings is 2. The number of hydrogen-bond acceptors (Lipinski definition) is 16. The van der Waals surface area contributed by atoms with Crippen molar-refractivity contribution < 1.29 is 79.0 Å². The minimum absolute atomic E-state index is 0.0837. The Bertz CT molecular complexity index is 1470. The summed E-state index contributed by atoms with van der Waals surface area (Å²) in [6.45, 7) is 3.15. The smallest absolute Gasteiger partial charge is 0.322 e. The topological polar surface area (TPSA) is 267 Å². The Hall–Kier alpha value is -4.00. The first-order valence-corrected chi connectivity index (χ1v) is 17.3. The molecule has 0 heterocycles. The van der Waals surface area contributed by atoms with Gasteiger partial charge in [-0.05, 0) is 87.8 Å². The summed E-state index contributed by atoms with van der Waals surface area (Å²) in [7, 11) is 0. The number of aliphatic hydroxyl groups excluding tert-OH is 8. The van der Waals surface area contributed by atoms with Crippen molar-refractivity contribution in [2.24, 2.45) is 33.5 Å². The van der Waals surface area contributed by atoms with E-state index in [2.05, 4.69) is 0 Å². The lowest BCUT2D eigenvalue weighted by atomic mass is 9.85.